The van der Waals surface area contributed by atoms with E-state index in [0.29, 0.717) is 13.2 Å². The molecule has 0 aliphatic carbocycles. The van der Waals surface area contributed by atoms with Gasteiger partial charge in [-0.15, -0.1) is 0 Å². The zero-order chi connectivity index (χ0) is 17.8. The number of methoxy groups -OCH3 is 1. The highest BCUT2D eigenvalue weighted by molar-refractivity contribution is 6.08. The zero-order valence-electron chi connectivity index (χ0n) is 14.9. The largest absolute Gasteiger partial charge is 0.497 e. The Balaban J connectivity index is 1.75. The maximum Gasteiger partial charge on any atom is 0.167 e. The molecule has 0 aliphatic heterocycles. The number of para-hydroxylation sites is 1. The van der Waals surface area contributed by atoms with E-state index in [4.69, 9.17) is 9.47 Å². The predicted molar refractivity (Wildman–Crippen MR) is 99.6 cm³/mol. The van der Waals surface area contributed by atoms with Gasteiger partial charge < -0.3 is 14.0 Å². The van der Waals surface area contributed by atoms with Crippen LogP contribution in [0.5, 0.6) is 11.5 Å². The third-order valence-electron chi connectivity index (χ3n) is 4.24. The molecular formula is C21H23NO3. The highest BCUT2D eigenvalue weighted by atomic mass is 16.5. The van der Waals surface area contributed by atoms with E-state index >= 15 is 0 Å². The van der Waals surface area contributed by atoms with Crippen LogP contribution in [-0.2, 0) is 6.54 Å². The van der Waals surface area contributed by atoms with E-state index in [9.17, 15) is 4.79 Å². The number of hydrogen-bond acceptors (Lipinski definition) is 3. The number of carbonyl (C=O) groups excluding carboxylic acids is 1. The number of fused-ring (bicyclic) bond motifs is 1. The number of nitrogens with zero attached hydrogens (tertiary/aromatic N) is 1. The quantitative estimate of drug-likeness (QED) is 0.593. The molecule has 0 saturated carbocycles. The zero-order valence-corrected chi connectivity index (χ0v) is 14.9. The maximum absolute atomic E-state index is 12.5. The molecule has 4 nitrogen and oxygen atoms in total. The Bertz CT molecular complexity index is 862. The standard InChI is InChI=1S/C21H23NO3/c1-15(2)21(23)19-14-22(20-7-5-4-6-18(19)20)12-13-25-17-10-8-16(24-3)9-11-17/h4-11,14-15H,12-13H2,1-3H3. The molecule has 130 valence electrons. The van der Waals surface area contributed by atoms with Crippen LogP contribution in [0.4, 0.5) is 0 Å². The molecular weight excluding hydrogens is 314 g/mol. The summed E-state index contributed by atoms with van der Waals surface area (Å²) in [6.45, 7) is 5.07. The van der Waals surface area contributed by atoms with Gasteiger partial charge in [-0.25, -0.2) is 0 Å². The fourth-order valence-corrected chi connectivity index (χ4v) is 2.87. The first-order valence-electron chi connectivity index (χ1n) is 8.49. The van der Waals surface area contributed by atoms with E-state index in [1.165, 1.54) is 0 Å². The van der Waals surface area contributed by atoms with Crippen LogP contribution in [0, 0.1) is 5.92 Å². The molecule has 0 saturated heterocycles. The van der Waals surface area contributed by atoms with Gasteiger partial charge in [0.15, 0.2) is 5.78 Å². The highest BCUT2D eigenvalue weighted by Crippen LogP contribution is 2.24. The second-order valence-electron chi connectivity index (χ2n) is 6.30. The molecule has 0 fully saturated rings. The lowest BCUT2D eigenvalue weighted by Crippen LogP contribution is -2.08. The fraction of sp³-hybridized carbons (Fsp3) is 0.286. The van der Waals surface area contributed by atoms with Gasteiger partial charge in [-0.1, -0.05) is 32.0 Å². The molecule has 2 aromatic carbocycles. The Morgan fingerprint density at radius 2 is 1.72 bits per heavy atom. The van der Waals surface area contributed by atoms with Gasteiger partial charge in [-0.3, -0.25) is 4.79 Å². The van der Waals surface area contributed by atoms with Crippen molar-refractivity contribution in [2.45, 2.75) is 20.4 Å². The Kier molecular flexibility index (Phi) is 5.08. The summed E-state index contributed by atoms with van der Waals surface area (Å²) in [4.78, 5) is 12.5. The number of benzene rings is 2. The molecule has 0 unspecified atom stereocenters. The topological polar surface area (TPSA) is 40.5 Å². The summed E-state index contributed by atoms with van der Waals surface area (Å²) in [5, 5.41) is 1.01. The Labute approximate surface area is 148 Å². The van der Waals surface area contributed by atoms with E-state index in [1.54, 1.807) is 7.11 Å². The van der Waals surface area contributed by atoms with Crippen molar-refractivity contribution in [3.05, 3.63) is 60.3 Å². The maximum atomic E-state index is 12.5. The van der Waals surface area contributed by atoms with E-state index in [1.807, 2.05) is 68.6 Å². The number of ether oxygens (including phenoxy) is 2. The Hall–Kier alpha value is -2.75. The number of rotatable bonds is 7. The molecule has 0 amide bonds. The van der Waals surface area contributed by atoms with Crippen molar-refractivity contribution in [1.29, 1.82) is 0 Å². The van der Waals surface area contributed by atoms with Gasteiger partial charge in [-0.2, -0.15) is 0 Å². The fourth-order valence-electron chi connectivity index (χ4n) is 2.87. The monoisotopic (exact) mass is 337 g/mol. The molecule has 1 heterocycles. The molecule has 4 heteroatoms. The first-order valence-corrected chi connectivity index (χ1v) is 8.49. The molecule has 0 aliphatic rings. The van der Waals surface area contributed by atoms with Gasteiger partial charge in [0.1, 0.15) is 18.1 Å². The van der Waals surface area contributed by atoms with E-state index < -0.39 is 0 Å². The smallest absolute Gasteiger partial charge is 0.167 e. The molecule has 3 aromatic rings. The summed E-state index contributed by atoms with van der Waals surface area (Å²) in [6.07, 6.45) is 1.95. The van der Waals surface area contributed by atoms with Crippen molar-refractivity contribution in [2.75, 3.05) is 13.7 Å². The molecule has 0 spiro atoms. The van der Waals surface area contributed by atoms with E-state index in [2.05, 4.69) is 4.57 Å². The molecule has 25 heavy (non-hydrogen) atoms. The van der Waals surface area contributed by atoms with Crippen molar-refractivity contribution in [1.82, 2.24) is 4.57 Å². The van der Waals surface area contributed by atoms with Crippen LogP contribution in [0.2, 0.25) is 0 Å². The lowest BCUT2D eigenvalue weighted by molar-refractivity contribution is 0.0941. The van der Waals surface area contributed by atoms with Gasteiger partial charge in [0.2, 0.25) is 0 Å². The van der Waals surface area contributed by atoms with Gasteiger partial charge in [0.05, 0.1) is 13.7 Å². The van der Waals surface area contributed by atoms with Gasteiger partial charge >= 0.3 is 0 Å². The number of Topliss-reactive ketones (excluding diaryl/α,β-unsaturated/α-hetero) is 1. The average molecular weight is 337 g/mol. The summed E-state index contributed by atoms with van der Waals surface area (Å²) in [7, 11) is 1.64. The summed E-state index contributed by atoms with van der Waals surface area (Å²) in [6, 6.07) is 15.5. The summed E-state index contributed by atoms with van der Waals surface area (Å²) >= 11 is 0. The lowest BCUT2D eigenvalue weighted by atomic mass is 10.0. The van der Waals surface area contributed by atoms with Crippen molar-refractivity contribution in [2.24, 2.45) is 5.92 Å². The van der Waals surface area contributed by atoms with Crippen LogP contribution in [0.25, 0.3) is 10.9 Å². The second-order valence-corrected chi connectivity index (χ2v) is 6.30. The van der Waals surface area contributed by atoms with Crippen LogP contribution in [0.3, 0.4) is 0 Å². The van der Waals surface area contributed by atoms with Crippen LogP contribution >= 0.6 is 0 Å². The van der Waals surface area contributed by atoms with E-state index in [0.717, 1.165) is 28.0 Å². The number of hydrogen-bond donors (Lipinski definition) is 0. The third-order valence-corrected chi connectivity index (χ3v) is 4.24. The minimum absolute atomic E-state index is 0.0187. The molecule has 0 radical (unpaired) electrons. The van der Waals surface area contributed by atoms with Crippen molar-refractivity contribution < 1.29 is 14.3 Å². The molecule has 0 atom stereocenters. The van der Waals surface area contributed by atoms with Crippen LogP contribution in [0.15, 0.2) is 54.7 Å². The lowest BCUT2D eigenvalue weighted by Gasteiger charge is -2.09. The molecule has 1 aromatic heterocycles. The number of ketones is 1. The Morgan fingerprint density at radius 3 is 2.40 bits per heavy atom. The van der Waals surface area contributed by atoms with Crippen molar-refractivity contribution in [3.8, 4) is 11.5 Å². The summed E-state index contributed by atoms with van der Waals surface area (Å²) < 4.78 is 13.0. The highest BCUT2D eigenvalue weighted by Gasteiger charge is 2.17. The Morgan fingerprint density at radius 1 is 1.04 bits per heavy atom. The predicted octanol–water partition coefficient (Wildman–Crippen LogP) is 4.57. The summed E-state index contributed by atoms with van der Waals surface area (Å²) in [5.74, 6) is 1.76. The average Bonchev–Trinajstić information content (AvgIpc) is 3.00. The van der Waals surface area contributed by atoms with Crippen molar-refractivity contribution in [3.63, 3.8) is 0 Å². The molecule has 3 rings (SSSR count). The second kappa shape index (κ2) is 7.43. The minimum Gasteiger partial charge on any atom is -0.497 e. The van der Waals surface area contributed by atoms with Crippen LogP contribution in [-0.4, -0.2) is 24.1 Å². The molecule has 0 bridgehead atoms. The SMILES string of the molecule is COc1ccc(OCCn2cc(C(=O)C(C)C)c3ccccc32)cc1. The van der Waals surface area contributed by atoms with Crippen LogP contribution < -0.4 is 9.47 Å². The third kappa shape index (κ3) is 3.68. The van der Waals surface area contributed by atoms with Gasteiger partial charge in [-0.05, 0) is 30.3 Å². The first-order chi connectivity index (χ1) is 12.1. The minimum atomic E-state index is -0.0187. The number of carbonyl (C=O) groups is 1. The summed E-state index contributed by atoms with van der Waals surface area (Å²) in [5.41, 5.74) is 1.85. The van der Waals surface area contributed by atoms with E-state index in [-0.39, 0.29) is 11.7 Å². The van der Waals surface area contributed by atoms with Gasteiger partial charge in [0.25, 0.3) is 0 Å². The van der Waals surface area contributed by atoms with Crippen LogP contribution in [0.1, 0.15) is 24.2 Å². The van der Waals surface area contributed by atoms with Gasteiger partial charge in [0, 0.05) is 28.6 Å². The first kappa shape index (κ1) is 17.1. The number of aromatic nitrogens is 1. The molecule has 0 N–H and O–H groups in total. The van der Waals surface area contributed by atoms with Crippen molar-refractivity contribution >= 4 is 16.7 Å². The normalized spacial score (nSPS) is 11.0.